The van der Waals surface area contributed by atoms with Crippen molar-refractivity contribution in [3.63, 3.8) is 0 Å². The normalized spacial score (nSPS) is 16.0. The topological polar surface area (TPSA) is 53.9 Å². The number of halogens is 1. The van der Waals surface area contributed by atoms with Gasteiger partial charge < -0.3 is 15.1 Å². The van der Waals surface area contributed by atoms with Crippen LogP contribution in [0, 0.1) is 0 Å². The van der Waals surface area contributed by atoms with Gasteiger partial charge in [0.05, 0.1) is 32.2 Å². The van der Waals surface area contributed by atoms with Gasteiger partial charge in [-0.1, -0.05) is 48.0 Å². The molecule has 1 fully saturated rings. The van der Waals surface area contributed by atoms with Crippen molar-refractivity contribution in [3.05, 3.63) is 70.7 Å². The largest absolute Gasteiger partial charge is 0.345 e. The lowest BCUT2D eigenvalue weighted by molar-refractivity contribution is -0.896. The molecule has 1 saturated heterocycles. The Morgan fingerprint density at radius 2 is 1.70 bits per heavy atom. The van der Waals surface area contributed by atoms with E-state index >= 15 is 0 Å². The number of piperazine rings is 1. The monoisotopic (exact) mass is 386 g/mol. The summed E-state index contributed by atoms with van der Waals surface area (Å²) in [7, 11) is 0. The van der Waals surface area contributed by atoms with Crippen molar-refractivity contribution in [1.29, 1.82) is 0 Å². The minimum atomic E-state index is -0.133. The van der Waals surface area contributed by atoms with Crippen LogP contribution in [0.5, 0.6) is 0 Å². The molecule has 2 amide bonds. The quantitative estimate of drug-likeness (QED) is 0.819. The zero-order valence-electron chi connectivity index (χ0n) is 15.5. The van der Waals surface area contributed by atoms with E-state index in [4.69, 9.17) is 11.6 Å². The number of hydrogen-bond acceptors (Lipinski definition) is 2. The summed E-state index contributed by atoms with van der Waals surface area (Å²) in [5.41, 5.74) is 1.63. The Morgan fingerprint density at radius 3 is 2.37 bits per heavy atom. The van der Waals surface area contributed by atoms with Crippen LogP contribution in [0.1, 0.15) is 28.9 Å². The van der Waals surface area contributed by atoms with E-state index in [0.29, 0.717) is 30.2 Å². The van der Waals surface area contributed by atoms with Crippen molar-refractivity contribution in [1.82, 2.24) is 10.2 Å². The van der Waals surface area contributed by atoms with Crippen LogP contribution in [0.4, 0.5) is 0 Å². The second-order valence-electron chi connectivity index (χ2n) is 6.90. The van der Waals surface area contributed by atoms with Crippen LogP contribution in [0.15, 0.2) is 54.6 Å². The van der Waals surface area contributed by atoms with Crippen molar-refractivity contribution in [3.8, 4) is 0 Å². The maximum atomic E-state index is 12.5. The second-order valence-corrected chi connectivity index (χ2v) is 7.30. The molecule has 0 aliphatic carbocycles. The molecular weight excluding hydrogens is 362 g/mol. The van der Waals surface area contributed by atoms with E-state index in [1.54, 1.807) is 0 Å². The predicted molar refractivity (Wildman–Crippen MR) is 106 cm³/mol. The van der Waals surface area contributed by atoms with E-state index in [1.807, 2.05) is 66.4 Å². The lowest BCUT2D eigenvalue weighted by Gasteiger charge is -2.32. The number of rotatable bonds is 5. The third kappa shape index (κ3) is 5.08. The SMILES string of the molecule is C[C@@H](NC(=O)C[NH+]1CCN(C(=O)c2ccccc2)CC1)c1ccccc1Cl. The minimum absolute atomic E-state index is 0.000237. The maximum Gasteiger partial charge on any atom is 0.275 e. The third-order valence-corrected chi connectivity index (χ3v) is 5.28. The van der Waals surface area contributed by atoms with E-state index in [2.05, 4.69) is 5.32 Å². The number of nitrogens with one attached hydrogen (secondary N) is 2. The second kappa shape index (κ2) is 9.02. The van der Waals surface area contributed by atoms with Gasteiger partial charge in [-0.15, -0.1) is 0 Å². The average Bonchev–Trinajstić information content (AvgIpc) is 2.69. The molecule has 0 unspecified atom stereocenters. The fraction of sp³-hybridized carbons (Fsp3) is 0.333. The zero-order valence-corrected chi connectivity index (χ0v) is 16.2. The lowest BCUT2D eigenvalue weighted by Crippen LogP contribution is -3.15. The van der Waals surface area contributed by atoms with Crippen LogP contribution in [0.25, 0.3) is 0 Å². The van der Waals surface area contributed by atoms with Crippen molar-refractivity contribution in [2.75, 3.05) is 32.7 Å². The Balaban J connectivity index is 1.47. The van der Waals surface area contributed by atoms with E-state index in [0.717, 1.165) is 18.7 Å². The van der Waals surface area contributed by atoms with Gasteiger partial charge in [-0.2, -0.15) is 0 Å². The average molecular weight is 387 g/mol. The first-order valence-electron chi connectivity index (χ1n) is 9.26. The molecule has 2 N–H and O–H groups in total. The highest BCUT2D eigenvalue weighted by molar-refractivity contribution is 6.31. The van der Waals surface area contributed by atoms with Gasteiger partial charge >= 0.3 is 0 Å². The first-order chi connectivity index (χ1) is 13.0. The Morgan fingerprint density at radius 1 is 1.07 bits per heavy atom. The van der Waals surface area contributed by atoms with E-state index in [9.17, 15) is 9.59 Å². The molecule has 142 valence electrons. The maximum absolute atomic E-state index is 12.5. The molecule has 0 aromatic heterocycles. The highest BCUT2D eigenvalue weighted by Gasteiger charge is 2.26. The molecule has 0 spiro atoms. The summed E-state index contributed by atoms with van der Waals surface area (Å²) in [5.74, 6) is 0.0618. The molecule has 0 radical (unpaired) electrons. The van der Waals surface area contributed by atoms with Gasteiger partial charge in [-0.3, -0.25) is 9.59 Å². The first-order valence-corrected chi connectivity index (χ1v) is 9.64. The van der Waals surface area contributed by atoms with Crippen LogP contribution in [-0.2, 0) is 4.79 Å². The van der Waals surface area contributed by atoms with Crippen molar-refractivity contribution >= 4 is 23.4 Å². The Labute approximate surface area is 164 Å². The standard InChI is InChI=1S/C21H24ClN3O2/c1-16(18-9-5-6-10-19(18)22)23-20(26)15-24-11-13-25(14-12-24)21(27)17-7-3-2-4-8-17/h2-10,16H,11-15H2,1H3,(H,23,26)/p+1/t16-/m1/s1. The molecule has 6 heteroatoms. The van der Waals surface area contributed by atoms with Gasteiger partial charge in [-0.05, 0) is 30.7 Å². The summed E-state index contributed by atoms with van der Waals surface area (Å²) in [4.78, 5) is 27.9. The molecular formula is C21H25ClN3O2+. The summed E-state index contributed by atoms with van der Waals surface area (Å²) in [6.07, 6.45) is 0. The van der Waals surface area contributed by atoms with Crippen molar-refractivity contribution in [2.24, 2.45) is 0 Å². The number of carbonyl (C=O) groups is 2. The number of hydrogen-bond donors (Lipinski definition) is 2. The highest BCUT2D eigenvalue weighted by atomic mass is 35.5. The fourth-order valence-corrected chi connectivity index (χ4v) is 3.69. The predicted octanol–water partition coefficient (Wildman–Crippen LogP) is 1.56. The summed E-state index contributed by atoms with van der Waals surface area (Å²) < 4.78 is 0. The van der Waals surface area contributed by atoms with Crippen molar-refractivity contribution in [2.45, 2.75) is 13.0 Å². The first kappa shape index (κ1) is 19.4. The van der Waals surface area contributed by atoms with E-state index < -0.39 is 0 Å². The van der Waals surface area contributed by atoms with Gasteiger partial charge in [0.25, 0.3) is 11.8 Å². The van der Waals surface area contributed by atoms with Gasteiger partial charge in [-0.25, -0.2) is 0 Å². The number of carbonyl (C=O) groups excluding carboxylic acids is 2. The van der Waals surface area contributed by atoms with Gasteiger partial charge in [0.15, 0.2) is 6.54 Å². The molecule has 1 aliphatic rings. The fourth-order valence-electron chi connectivity index (χ4n) is 3.39. The Hall–Kier alpha value is -2.37. The van der Waals surface area contributed by atoms with Crippen LogP contribution in [-0.4, -0.2) is 49.4 Å². The lowest BCUT2D eigenvalue weighted by atomic mass is 10.1. The van der Waals surface area contributed by atoms with Gasteiger partial charge in [0.1, 0.15) is 0 Å². The van der Waals surface area contributed by atoms with Crippen LogP contribution >= 0.6 is 11.6 Å². The third-order valence-electron chi connectivity index (χ3n) is 4.94. The number of benzene rings is 2. The molecule has 1 aliphatic heterocycles. The van der Waals surface area contributed by atoms with E-state index in [1.165, 1.54) is 4.90 Å². The smallest absolute Gasteiger partial charge is 0.275 e. The number of amides is 2. The molecule has 27 heavy (non-hydrogen) atoms. The Kier molecular flexibility index (Phi) is 6.48. The minimum Gasteiger partial charge on any atom is -0.345 e. The molecule has 0 bridgehead atoms. The van der Waals surface area contributed by atoms with Gasteiger partial charge in [0.2, 0.25) is 0 Å². The van der Waals surface area contributed by atoms with Crippen LogP contribution < -0.4 is 10.2 Å². The molecule has 3 rings (SSSR count). The summed E-state index contributed by atoms with van der Waals surface area (Å²) in [5, 5.41) is 3.68. The van der Waals surface area contributed by atoms with Gasteiger partial charge in [0, 0.05) is 10.6 Å². The Bertz CT molecular complexity index is 789. The highest BCUT2D eigenvalue weighted by Crippen LogP contribution is 2.21. The molecule has 0 saturated carbocycles. The molecule has 1 heterocycles. The number of quaternary nitrogens is 1. The van der Waals surface area contributed by atoms with Crippen LogP contribution in [0.3, 0.4) is 0 Å². The van der Waals surface area contributed by atoms with Crippen LogP contribution in [0.2, 0.25) is 5.02 Å². The van der Waals surface area contributed by atoms with Crippen molar-refractivity contribution < 1.29 is 14.5 Å². The summed E-state index contributed by atoms with van der Waals surface area (Å²) >= 11 is 6.20. The molecule has 5 nitrogen and oxygen atoms in total. The zero-order chi connectivity index (χ0) is 19.2. The number of nitrogens with zero attached hydrogens (tertiary/aromatic N) is 1. The molecule has 2 aromatic carbocycles. The summed E-state index contributed by atoms with van der Waals surface area (Å²) in [6, 6.07) is 16.7. The molecule has 1 atom stereocenters. The molecule has 2 aromatic rings. The van der Waals surface area contributed by atoms with E-state index in [-0.39, 0.29) is 17.9 Å². The summed E-state index contributed by atoms with van der Waals surface area (Å²) in [6.45, 7) is 5.21.